The second kappa shape index (κ2) is 7.76. The Morgan fingerprint density at radius 2 is 1.36 bits per heavy atom. The van der Waals surface area contributed by atoms with E-state index in [2.05, 4.69) is 0 Å². The Bertz CT molecular complexity index is 667. The highest BCUT2D eigenvalue weighted by atomic mass is 19.4. The van der Waals surface area contributed by atoms with Gasteiger partial charge in [-0.15, -0.1) is 0 Å². The SMILES string of the molecule is COC(C)(CC(F)(F)C(F)(F)C(F)(F)C(F)(F)F)c1ccccc1CC(C)C. The molecule has 0 bridgehead atoms. The zero-order valence-corrected chi connectivity index (χ0v) is 15.6. The minimum atomic E-state index is -6.92. The smallest absolute Gasteiger partial charge is 0.374 e. The zero-order chi connectivity index (χ0) is 22.2. The first-order chi connectivity index (χ1) is 12.4. The van der Waals surface area contributed by atoms with Crippen molar-refractivity contribution in [1.82, 2.24) is 0 Å². The molecule has 1 unspecified atom stereocenters. The largest absolute Gasteiger partial charge is 0.460 e. The van der Waals surface area contributed by atoms with Gasteiger partial charge in [-0.3, -0.25) is 0 Å². The molecule has 0 spiro atoms. The van der Waals surface area contributed by atoms with Gasteiger partial charge in [-0.25, -0.2) is 0 Å². The van der Waals surface area contributed by atoms with Crippen LogP contribution in [0.2, 0.25) is 0 Å². The molecule has 0 heterocycles. The van der Waals surface area contributed by atoms with Gasteiger partial charge in [0.1, 0.15) is 0 Å². The standard InChI is InChI=1S/C18H21F9O/c1-11(2)9-12-7-5-6-8-13(12)14(3,28-4)10-15(19,20)16(21,22)17(23,24)18(25,26)27/h5-8,11H,9-10H2,1-4H3. The van der Waals surface area contributed by atoms with Gasteiger partial charge < -0.3 is 4.74 Å². The number of halogens is 9. The molecule has 0 saturated carbocycles. The Morgan fingerprint density at radius 1 is 0.857 bits per heavy atom. The maximum Gasteiger partial charge on any atom is 0.460 e. The lowest BCUT2D eigenvalue weighted by Gasteiger charge is -2.39. The maximum atomic E-state index is 14.2. The average molecular weight is 424 g/mol. The van der Waals surface area contributed by atoms with E-state index in [1.54, 1.807) is 19.9 Å². The number of hydrogen-bond acceptors (Lipinski definition) is 1. The third-order valence-electron chi connectivity index (χ3n) is 4.43. The number of hydrogen-bond donors (Lipinski definition) is 0. The van der Waals surface area contributed by atoms with E-state index in [-0.39, 0.29) is 11.5 Å². The summed E-state index contributed by atoms with van der Waals surface area (Å²) < 4.78 is 124. The Labute approximate surface area is 156 Å². The monoisotopic (exact) mass is 424 g/mol. The maximum absolute atomic E-state index is 14.2. The molecule has 10 heteroatoms. The summed E-state index contributed by atoms with van der Waals surface area (Å²) in [7, 11) is 0.891. The summed E-state index contributed by atoms with van der Waals surface area (Å²) in [6, 6.07) is 5.77. The molecule has 162 valence electrons. The van der Waals surface area contributed by atoms with Crippen LogP contribution < -0.4 is 0 Å². The summed E-state index contributed by atoms with van der Waals surface area (Å²) in [6.07, 6.45) is -8.60. The van der Waals surface area contributed by atoms with Crippen LogP contribution in [0.5, 0.6) is 0 Å². The highest BCUT2D eigenvalue weighted by Gasteiger charge is 2.82. The lowest BCUT2D eigenvalue weighted by molar-refractivity contribution is -0.400. The molecule has 0 saturated heterocycles. The van der Waals surface area contributed by atoms with Crippen molar-refractivity contribution in [2.24, 2.45) is 5.92 Å². The van der Waals surface area contributed by atoms with Crippen LogP contribution in [0.25, 0.3) is 0 Å². The van der Waals surface area contributed by atoms with Gasteiger partial charge in [0, 0.05) is 7.11 Å². The highest BCUT2D eigenvalue weighted by molar-refractivity contribution is 5.33. The normalized spacial score (nSPS) is 16.4. The number of alkyl halides is 9. The lowest BCUT2D eigenvalue weighted by Crippen LogP contribution is -2.62. The molecule has 1 aromatic carbocycles. The summed E-state index contributed by atoms with van der Waals surface area (Å²) in [4.78, 5) is 0. The molecule has 0 aliphatic heterocycles. The first-order valence-electron chi connectivity index (χ1n) is 8.26. The molecule has 0 fully saturated rings. The van der Waals surface area contributed by atoms with Crippen molar-refractivity contribution in [3.8, 4) is 0 Å². The molecule has 0 amide bonds. The summed E-state index contributed by atoms with van der Waals surface area (Å²) >= 11 is 0. The van der Waals surface area contributed by atoms with Crippen molar-refractivity contribution in [2.45, 2.75) is 63.2 Å². The fourth-order valence-corrected chi connectivity index (χ4v) is 2.87. The van der Waals surface area contributed by atoms with Gasteiger partial charge >= 0.3 is 23.9 Å². The summed E-state index contributed by atoms with van der Waals surface area (Å²) in [5.41, 5.74) is -1.79. The van der Waals surface area contributed by atoms with E-state index >= 15 is 0 Å². The van der Waals surface area contributed by atoms with Gasteiger partial charge in [0.25, 0.3) is 0 Å². The molecule has 1 aromatic rings. The van der Waals surface area contributed by atoms with Crippen LogP contribution >= 0.6 is 0 Å². The number of ether oxygens (including phenoxy) is 1. The van der Waals surface area contributed by atoms with Crippen LogP contribution in [0.3, 0.4) is 0 Å². The van der Waals surface area contributed by atoms with Gasteiger partial charge in [0.15, 0.2) is 0 Å². The highest BCUT2D eigenvalue weighted by Crippen LogP contribution is 2.56. The second-order valence-corrected chi connectivity index (χ2v) is 7.22. The predicted molar refractivity (Wildman–Crippen MR) is 84.9 cm³/mol. The second-order valence-electron chi connectivity index (χ2n) is 7.22. The van der Waals surface area contributed by atoms with E-state index in [0.717, 1.165) is 14.0 Å². The number of benzene rings is 1. The van der Waals surface area contributed by atoms with Gasteiger partial charge in [-0.2, -0.15) is 39.5 Å². The fraction of sp³-hybridized carbons (Fsp3) is 0.667. The third-order valence-corrected chi connectivity index (χ3v) is 4.43. The molecular formula is C18H21F9O. The van der Waals surface area contributed by atoms with Crippen LogP contribution in [-0.2, 0) is 16.8 Å². The van der Waals surface area contributed by atoms with Gasteiger partial charge in [-0.1, -0.05) is 38.1 Å². The van der Waals surface area contributed by atoms with Crippen molar-refractivity contribution in [3.63, 3.8) is 0 Å². The summed E-state index contributed by atoms with van der Waals surface area (Å²) in [6.45, 7) is 4.54. The van der Waals surface area contributed by atoms with Crippen molar-refractivity contribution in [2.75, 3.05) is 7.11 Å². The van der Waals surface area contributed by atoms with E-state index < -0.39 is 36.0 Å². The molecule has 0 aromatic heterocycles. The van der Waals surface area contributed by atoms with Gasteiger partial charge in [0.05, 0.1) is 12.0 Å². The minimum absolute atomic E-state index is 0.0111. The number of rotatable bonds is 8. The average Bonchev–Trinajstić information content (AvgIpc) is 2.52. The van der Waals surface area contributed by atoms with Crippen LogP contribution in [0.1, 0.15) is 38.3 Å². The van der Waals surface area contributed by atoms with E-state index in [4.69, 9.17) is 4.74 Å². The summed E-state index contributed by atoms with van der Waals surface area (Å²) in [5, 5.41) is 0. The quantitative estimate of drug-likeness (QED) is 0.427. The van der Waals surface area contributed by atoms with E-state index in [0.29, 0.717) is 12.0 Å². The Hall–Kier alpha value is -1.45. The Morgan fingerprint density at radius 3 is 1.79 bits per heavy atom. The molecule has 1 nitrogen and oxygen atoms in total. The Kier molecular flexibility index (Phi) is 6.81. The predicted octanol–water partition coefficient (Wildman–Crippen LogP) is 6.61. The lowest BCUT2D eigenvalue weighted by atomic mass is 9.82. The fourth-order valence-electron chi connectivity index (χ4n) is 2.87. The van der Waals surface area contributed by atoms with Crippen molar-refractivity contribution < 1.29 is 44.3 Å². The molecule has 0 aliphatic carbocycles. The van der Waals surface area contributed by atoms with Crippen molar-refractivity contribution >= 4 is 0 Å². The zero-order valence-electron chi connectivity index (χ0n) is 15.6. The van der Waals surface area contributed by atoms with Gasteiger partial charge in [0.2, 0.25) is 0 Å². The topological polar surface area (TPSA) is 9.23 Å². The van der Waals surface area contributed by atoms with Gasteiger partial charge in [-0.05, 0) is 30.4 Å². The minimum Gasteiger partial charge on any atom is -0.374 e. The van der Waals surface area contributed by atoms with Crippen LogP contribution in [-0.4, -0.2) is 31.1 Å². The molecule has 28 heavy (non-hydrogen) atoms. The van der Waals surface area contributed by atoms with Crippen LogP contribution in [0.15, 0.2) is 24.3 Å². The first kappa shape index (κ1) is 24.6. The van der Waals surface area contributed by atoms with Crippen molar-refractivity contribution in [1.29, 1.82) is 0 Å². The Balaban J connectivity index is 3.42. The van der Waals surface area contributed by atoms with Crippen LogP contribution in [0.4, 0.5) is 39.5 Å². The molecule has 1 rings (SSSR count). The molecule has 0 radical (unpaired) electrons. The van der Waals surface area contributed by atoms with E-state index in [1.165, 1.54) is 18.2 Å². The first-order valence-corrected chi connectivity index (χ1v) is 8.26. The van der Waals surface area contributed by atoms with E-state index in [1.807, 2.05) is 0 Å². The van der Waals surface area contributed by atoms with Crippen molar-refractivity contribution in [3.05, 3.63) is 35.4 Å². The molecule has 0 N–H and O–H groups in total. The number of methoxy groups -OCH3 is 1. The molecule has 0 aliphatic rings. The summed E-state index contributed by atoms with van der Waals surface area (Å²) in [5.74, 6) is -19.3. The van der Waals surface area contributed by atoms with E-state index in [9.17, 15) is 39.5 Å². The van der Waals surface area contributed by atoms with Crippen LogP contribution in [0, 0.1) is 5.92 Å². The molecule has 1 atom stereocenters. The third kappa shape index (κ3) is 4.41. The molecular weight excluding hydrogens is 403 g/mol.